The summed E-state index contributed by atoms with van der Waals surface area (Å²) >= 11 is 0. The first-order valence-electron chi connectivity index (χ1n) is 22.1. The number of benzene rings is 4. The van der Waals surface area contributed by atoms with Crippen LogP contribution in [0.25, 0.3) is 22.1 Å². The molecule has 344 valence electrons. The van der Waals surface area contributed by atoms with Gasteiger partial charge < -0.3 is 50.2 Å². The van der Waals surface area contributed by atoms with E-state index in [-0.39, 0.29) is 26.3 Å². The lowest BCUT2D eigenvalue weighted by Crippen LogP contribution is -2.26. The fraction of sp³-hybridized carbons (Fsp3) is 0.417. The van der Waals surface area contributed by atoms with Gasteiger partial charge in [0.15, 0.2) is 0 Å². The Labute approximate surface area is 380 Å². The maximum atomic E-state index is 12.2. The zero-order valence-electron chi connectivity index (χ0n) is 38.5. The number of rotatable bonds is 22. The van der Waals surface area contributed by atoms with E-state index in [1.54, 1.807) is 0 Å². The second kappa shape index (κ2) is 24.6. The molecule has 0 aliphatic heterocycles. The maximum absolute atomic E-state index is 12.2. The van der Waals surface area contributed by atoms with Crippen LogP contribution in [0.15, 0.2) is 97.1 Å². The third kappa shape index (κ3) is 16.6. The summed E-state index contributed by atoms with van der Waals surface area (Å²) in [6.07, 6.45) is 0.651. The molecule has 0 atom stereocenters. The predicted octanol–water partition coefficient (Wildman–Crippen LogP) is 8.55. The molecule has 0 aliphatic rings. The number of hydrogen-bond donors (Lipinski definition) is 4. The molecule has 0 unspecified atom stereocenters. The largest absolute Gasteiger partial charge is 0.445 e. The summed E-state index contributed by atoms with van der Waals surface area (Å²) in [4.78, 5) is 33.9. The number of carbonyl (C=O) groups excluding carboxylic acids is 2. The molecule has 0 saturated carbocycles. The van der Waals surface area contributed by atoms with E-state index in [0.717, 1.165) is 80.9 Å². The Kier molecular flexibility index (Phi) is 19.1. The van der Waals surface area contributed by atoms with Gasteiger partial charge in [0.1, 0.15) is 38.3 Å². The smallest absolute Gasteiger partial charge is 0.407 e. The van der Waals surface area contributed by atoms with Gasteiger partial charge in [0.25, 0.3) is 0 Å². The minimum Gasteiger partial charge on any atom is -0.445 e. The Balaban J connectivity index is 0.000000241. The number of fused-ring (bicyclic) bond motifs is 2. The minimum atomic E-state index is -1.17. The van der Waals surface area contributed by atoms with E-state index in [1.165, 1.54) is 0 Å². The number of ether oxygens (including phenoxy) is 4. The van der Waals surface area contributed by atoms with Crippen molar-refractivity contribution >= 4 is 50.4 Å². The van der Waals surface area contributed by atoms with Crippen molar-refractivity contribution in [3.63, 3.8) is 0 Å². The van der Waals surface area contributed by atoms with E-state index in [9.17, 15) is 9.59 Å². The third-order valence-electron chi connectivity index (χ3n) is 10.3. The number of alkyl carbamates (subject to hydrolysis) is 2. The molecule has 6 N–H and O–H groups in total. The van der Waals surface area contributed by atoms with Crippen LogP contribution in [0.1, 0.15) is 33.9 Å². The first-order valence-corrected chi connectivity index (χ1v) is 29.5. The summed E-state index contributed by atoms with van der Waals surface area (Å²) in [5.74, 6) is 1.46. The molecular formula is C48H68N8O6Si2. The first-order chi connectivity index (χ1) is 30.7. The molecule has 4 aromatic carbocycles. The molecular weight excluding hydrogens is 841 g/mol. The first kappa shape index (κ1) is 49.6. The fourth-order valence-electron chi connectivity index (χ4n) is 6.56. The van der Waals surface area contributed by atoms with Crippen LogP contribution in [0.2, 0.25) is 51.4 Å². The topological polar surface area (TPSA) is 183 Å². The molecule has 64 heavy (non-hydrogen) atoms. The van der Waals surface area contributed by atoms with Crippen molar-refractivity contribution in [2.24, 2.45) is 11.5 Å². The van der Waals surface area contributed by atoms with Crippen molar-refractivity contribution in [3.8, 4) is 0 Å². The molecule has 0 radical (unpaired) electrons. The normalized spacial score (nSPS) is 11.6. The Bertz CT molecular complexity index is 2300. The number of nitrogens with two attached hydrogens (primary N) is 2. The number of hydrogen-bond acceptors (Lipinski definition) is 10. The molecule has 0 aliphatic carbocycles. The summed E-state index contributed by atoms with van der Waals surface area (Å²) in [5, 5.41) is 5.62. The molecule has 6 aromatic rings. The van der Waals surface area contributed by atoms with Crippen LogP contribution >= 0.6 is 0 Å². The molecule has 6 rings (SSSR count). The van der Waals surface area contributed by atoms with Gasteiger partial charge in [0.2, 0.25) is 0 Å². The molecule has 0 spiro atoms. The molecule has 2 aromatic heterocycles. The molecule has 14 nitrogen and oxygen atoms in total. The molecule has 16 heteroatoms. The van der Waals surface area contributed by atoms with Gasteiger partial charge in [-0.05, 0) is 84.5 Å². The summed E-state index contributed by atoms with van der Waals surface area (Å²) < 4.78 is 26.7. The van der Waals surface area contributed by atoms with E-state index in [2.05, 4.69) is 68.1 Å². The molecule has 0 bridgehead atoms. The van der Waals surface area contributed by atoms with Crippen molar-refractivity contribution < 1.29 is 28.5 Å². The lowest BCUT2D eigenvalue weighted by Gasteiger charge is -2.16. The number of nitrogens with zero attached hydrogens (tertiary/aromatic N) is 4. The third-order valence-corrected chi connectivity index (χ3v) is 13.7. The maximum Gasteiger partial charge on any atom is 0.407 e. The molecule has 0 fully saturated rings. The Morgan fingerprint density at radius 1 is 0.562 bits per heavy atom. The van der Waals surface area contributed by atoms with Gasteiger partial charge in [-0.25, -0.2) is 19.6 Å². The van der Waals surface area contributed by atoms with Crippen LogP contribution in [0.4, 0.5) is 9.59 Å². The molecule has 2 amide bonds. The number of nitrogens with one attached hydrogen (secondary N) is 2. The average molecular weight is 909 g/mol. The van der Waals surface area contributed by atoms with Gasteiger partial charge in [-0.3, -0.25) is 0 Å². The van der Waals surface area contributed by atoms with Crippen LogP contribution in [0, 0.1) is 0 Å². The summed E-state index contributed by atoms with van der Waals surface area (Å²) in [7, 11) is -2.34. The van der Waals surface area contributed by atoms with Crippen molar-refractivity contribution in [3.05, 3.63) is 131 Å². The lowest BCUT2D eigenvalue weighted by atomic mass is 10.1. The second-order valence-corrected chi connectivity index (χ2v) is 29.4. The molecule has 0 saturated heterocycles. The fourth-order valence-corrected chi connectivity index (χ4v) is 8.08. The van der Waals surface area contributed by atoms with Gasteiger partial charge in [0, 0.05) is 29.4 Å². The zero-order chi connectivity index (χ0) is 46.0. The van der Waals surface area contributed by atoms with Crippen molar-refractivity contribution in [1.29, 1.82) is 0 Å². The van der Waals surface area contributed by atoms with E-state index < -0.39 is 28.3 Å². The highest BCUT2D eigenvalue weighted by molar-refractivity contribution is 6.76. The van der Waals surface area contributed by atoms with E-state index >= 15 is 0 Å². The van der Waals surface area contributed by atoms with Crippen LogP contribution < -0.4 is 22.1 Å². The SMILES string of the molecule is C[Si](C)(C)CCOCn1c(CNC(=O)OCc2ccccc2)nc2cc(CCN)ccc21.C[Si](C)(C)CCOCn1c(CNC(=O)OCc2ccccc2)nc2ccc(CCN)cc21. The number of aromatic nitrogens is 4. The average Bonchev–Trinajstić information content (AvgIpc) is 3.80. The Hall–Kier alpha value is -5.37. The van der Waals surface area contributed by atoms with Gasteiger partial charge in [-0.1, -0.05) is 112 Å². The highest BCUT2D eigenvalue weighted by Gasteiger charge is 2.17. The monoisotopic (exact) mass is 908 g/mol. The van der Waals surface area contributed by atoms with Gasteiger partial charge in [-0.2, -0.15) is 0 Å². The lowest BCUT2D eigenvalue weighted by molar-refractivity contribution is 0.0872. The summed E-state index contributed by atoms with van der Waals surface area (Å²) in [6.45, 7) is 18.4. The van der Waals surface area contributed by atoms with Crippen LogP contribution in [0.5, 0.6) is 0 Å². The van der Waals surface area contributed by atoms with Crippen LogP contribution in [0.3, 0.4) is 0 Å². The highest BCUT2D eigenvalue weighted by atomic mass is 28.3. The van der Waals surface area contributed by atoms with E-state index in [0.29, 0.717) is 39.8 Å². The van der Waals surface area contributed by atoms with Crippen LogP contribution in [-0.4, -0.2) is 73.7 Å². The van der Waals surface area contributed by atoms with Crippen LogP contribution in [-0.2, 0) is 71.6 Å². The standard InChI is InChI=1S/2C24H34N4O3Si/c1-32(2,3)14-13-30-18-28-22-10-9-19(11-12-25)15-21(22)27-23(28)16-26-24(29)31-17-20-7-5-4-6-8-20;1-32(2,3)14-13-30-18-28-22-15-19(11-12-25)9-10-21(22)27-23(28)16-26-24(29)31-17-20-7-5-4-6-8-20/h2*4-10,15H,11-14,16-18,25H2,1-3H3,(H,26,29). The quantitative estimate of drug-likeness (QED) is 0.0381. The van der Waals surface area contributed by atoms with Gasteiger partial charge >= 0.3 is 12.2 Å². The van der Waals surface area contributed by atoms with Crippen molar-refractivity contribution in [2.45, 2.75) is 104 Å². The van der Waals surface area contributed by atoms with E-state index in [1.807, 2.05) is 88.0 Å². The highest BCUT2D eigenvalue weighted by Crippen LogP contribution is 2.21. The van der Waals surface area contributed by atoms with Crippen molar-refractivity contribution in [2.75, 3.05) is 26.3 Å². The van der Waals surface area contributed by atoms with E-state index in [4.69, 9.17) is 40.4 Å². The predicted molar refractivity (Wildman–Crippen MR) is 260 cm³/mol. The second-order valence-electron chi connectivity index (χ2n) is 18.2. The number of carbonyl (C=O) groups is 2. The van der Waals surface area contributed by atoms with Crippen molar-refractivity contribution in [1.82, 2.24) is 29.7 Å². The number of imidazole rings is 2. The Morgan fingerprint density at radius 3 is 1.50 bits per heavy atom. The zero-order valence-corrected chi connectivity index (χ0v) is 40.5. The number of amides is 2. The van der Waals surface area contributed by atoms with Gasteiger partial charge in [0.05, 0.1) is 35.2 Å². The Morgan fingerprint density at radius 2 is 1.02 bits per heavy atom. The van der Waals surface area contributed by atoms with Gasteiger partial charge in [-0.15, -0.1) is 0 Å². The summed E-state index contributed by atoms with van der Waals surface area (Å²) in [5.41, 5.74) is 19.3. The minimum absolute atomic E-state index is 0.228. The summed E-state index contributed by atoms with van der Waals surface area (Å²) in [6, 6.07) is 33.7. The molecule has 2 heterocycles.